The van der Waals surface area contributed by atoms with Gasteiger partial charge in [-0.2, -0.15) is 5.10 Å². The van der Waals surface area contributed by atoms with Crippen molar-refractivity contribution in [2.45, 2.75) is 14.4 Å². The number of hydrazone groups is 1. The molecule has 0 aliphatic heterocycles. The summed E-state index contributed by atoms with van der Waals surface area (Å²) in [5.74, 6) is 0.719. The molecule has 1 heterocycles. The molecule has 144 valence electrons. The maximum Gasteiger partial charge on any atom is 0.250 e. The third-order valence-electron chi connectivity index (χ3n) is 3.30. The van der Waals surface area contributed by atoms with Crippen LogP contribution in [0.4, 0.5) is 0 Å². The van der Waals surface area contributed by atoms with Gasteiger partial charge in [0, 0.05) is 15.8 Å². The predicted octanol–water partition coefficient (Wildman–Crippen LogP) is 5.38. The van der Waals surface area contributed by atoms with Crippen molar-refractivity contribution >= 4 is 70.2 Å². The number of rotatable bonds is 8. The number of benzene rings is 2. The molecule has 0 spiro atoms. The van der Waals surface area contributed by atoms with E-state index in [1.54, 1.807) is 30.1 Å². The lowest BCUT2D eigenvalue weighted by Gasteiger charge is -2.00. The molecule has 28 heavy (non-hydrogen) atoms. The number of hydrogen-bond donors (Lipinski definition) is 1. The molecule has 1 aromatic heterocycles. The number of carbonyl (C=O) groups is 1. The molecular weight excluding hydrogens is 455 g/mol. The third-order valence-corrected chi connectivity index (χ3v) is 7.16. The fourth-order valence-electron chi connectivity index (χ4n) is 1.96. The second-order valence-electron chi connectivity index (χ2n) is 5.35. The first-order chi connectivity index (χ1) is 13.6. The van der Waals surface area contributed by atoms with Crippen molar-refractivity contribution in [1.82, 2.24) is 15.6 Å². The Hall–Kier alpha value is -1.58. The Bertz CT molecular complexity index is 963. The van der Waals surface area contributed by atoms with Crippen LogP contribution in [0.5, 0.6) is 0 Å². The fraction of sp³-hybridized carbons (Fsp3) is 0.111. The molecule has 5 nitrogen and oxygen atoms in total. The molecule has 0 aliphatic carbocycles. The van der Waals surface area contributed by atoms with Crippen molar-refractivity contribution in [3.8, 4) is 0 Å². The Balaban J connectivity index is 1.41. The molecule has 10 heteroatoms. The molecular formula is C18H14Cl2N4OS3. The van der Waals surface area contributed by atoms with Gasteiger partial charge in [-0.1, -0.05) is 88.4 Å². The van der Waals surface area contributed by atoms with E-state index in [2.05, 4.69) is 20.7 Å². The Labute approximate surface area is 184 Å². The summed E-state index contributed by atoms with van der Waals surface area (Å²) in [5, 5.41) is 13.6. The molecule has 3 aromatic rings. The number of nitrogens with zero attached hydrogens (tertiary/aromatic N) is 3. The van der Waals surface area contributed by atoms with Crippen molar-refractivity contribution in [1.29, 1.82) is 0 Å². The first-order valence-electron chi connectivity index (χ1n) is 8.00. The van der Waals surface area contributed by atoms with E-state index in [4.69, 9.17) is 23.2 Å². The molecule has 1 N–H and O–H groups in total. The molecule has 3 rings (SSSR count). The van der Waals surface area contributed by atoms with E-state index < -0.39 is 0 Å². The molecule has 0 unspecified atom stereocenters. The summed E-state index contributed by atoms with van der Waals surface area (Å²) in [4.78, 5) is 11.9. The highest BCUT2D eigenvalue weighted by Crippen LogP contribution is 2.32. The zero-order valence-electron chi connectivity index (χ0n) is 14.3. The second kappa shape index (κ2) is 10.8. The number of thioether (sulfide) groups is 2. The minimum atomic E-state index is -0.212. The lowest BCUT2D eigenvalue weighted by Crippen LogP contribution is -2.19. The van der Waals surface area contributed by atoms with Gasteiger partial charge in [-0.3, -0.25) is 4.79 Å². The summed E-state index contributed by atoms with van der Waals surface area (Å²) in [6.07, 6.45) is 1.56. The van der Waals surface area contributed by atoms with Crippen LogP contribution in [0.15, 0.2) is 62.3 Å². The normalized spacial score (nSPS) is 11.1. The van der Waals surface area contributed by atoms with E-state index in [9.17, 15) is 4.79 Å². The van der Waals surface area contributed by atoms with Crippen LogP contribution in [0, 0.1) is 0 Å². The van der Waals surface area contributed by atoms with Crippen molar-refractivity contribution in [2.24, 2.45) is 5.10 Å². The zero-order chi connectivity index (χ0) is 19.8. The van der Waals surface area contributed by atoms with Crippen molar-refractivity contribution in [3.63, 3.8) is 0 Å². The average molecular weight is 469 g/mol. The van der Waals surface area contributed by atoms with Gasteiger partial charge < -0.3 is 0 Å². The first kappa shape index (κ1) is 21.1. The second-order valence-corrected chi connectivity index (χ2v) is 9.61. The minimum absolute atomic E-state index is 0.210. The minimum Gasteiger partial charge on any atom is -0.272 e. The Morgan fingerprint density at radius 1 is 1.07 bits per heavy atom. The highest BCUT2D eigenvalue weighted by Gasteiger charge is 2.09. The SMILES string of the molecule is O=C(CSc1nnc(SCc2ccccc2Cl)s1)N/N=C\c1ccc(Cl)cc1. The largest absolute Gasteiger partial charge is 0.272 e. The van der Waals surface area contributed by atoms with E-state index in [1.165, 1.54) is 23.1 Å². The Morgan fingerprint density at radius 2 is 1.79 bits per heavy atom. The van der Waals surface area contributed by atoms with E-state index in [0.29, 0.717) is 5.02 Å². The van der Waals surface area contributed by atoms with Crippen molar-refractivity contribution in [2.75, 3.05) is 5.75 Å². The van der Waals surface area contributed by atoms with Crippen LogP contribution < -0.4 is 5.43 Å². The molecule has 0 aliphatic rings. The summed E-state index contributed by atoms with van der Waals surface area (Å²) >= 11 is 16.3. The van der Waals surface area contributed by atoms with Gasteiger partial charge in [0.25, 0.3) is 5.91 Å². The fourth-order valence-corrected chi connectivity index (χ4v) is 5.18. The maximum atomic E-state index is 11.9. The molecule has 0 radical (unpaired) electrons. The van der Waals surface area contributed by atoms with Gasteiger partial charge >= 0.3 is 0 Å². The number of halogens is 2. The van der Waals surface area contributed by atoms with E-state index in [-0.39, 0.29) is 11.7 Å². The van der Waals surface area contributed by atoms with Crippen LogP contribution in [-0.2, 0) is 10.5 Å². The number of aromatic nitrogens is 2. The Morgan fingerprint density at radius 3 is 2.54 bits per heavy atom. The van der Waals surface area contributed by atoms with Gasteiger partial charge in [-0.15, -0.1) is 10.2 Å². The highest BCUT2D eigenvalue weighted by atomic mass is 35.5. The van der Waals surface area contributed by atoms with Gasteiger partial charge in [-0.05, 0) is 29.3 Å². The lowest BCUT2D eigenvalue weighted by molar-refractivity contribution is -0.118. The predicted molar refractivity (Wildman–Crippen MR) is 119 cm³/mol. The summed E-state index contributed by atoms with van der Waals surface area (Å²) in [6, 6.07) is 14.9. The van der Waals surface area contributed by atoms with Crippen LogP contribution in [0.25, 0.3) is 0 Å². The topological polar surface area (TPSA) is 67.2 Å². The molecule has 0 bridgehead atoms. The van der Waals surface area contributed by atoms with Crippen LogP contribution in [0.1, 0.15) is 11.1 Å². The lowest BCUT2D eigenvalue weighted by atomic mass is 10.2. The quantitative estimate of drug-likeness (QED) is 0.273. The van der Waals surface area contributed by atoms with Gasteiger partial charge in [-0.25, -0.2) is 5.43 Å². The number of nitrogens with one attached hydrogen (secondary N) is 1. The molecule has 2 aromatic carbocycles. The van der Waals surface area contributed by atoms with E-state index in [0.717, 1.165) is 30.6 Å². The molecule has 0 saturated carbocycles. The first-order valence-corrected chi connectivity index (χ1v) is 11.5. The molecule has 0 fully saturated rings. The summed E-state index contributed by atoms with van der Waals surface area (Å²) in [5.41, 5.74) is 4.39. The van der Waals surface area contributed by atoms with Crippen molar-refractivity contribution in [3.05, 3.63) is 69.7 Å². The number of amides is 1. The van der Waals surface area contributed by atoms with Gasteiger partial charge in [0.15, 0.2) is 8.68 Å². The number of carbonyl (C=O) groups excluding carboxylic acids is 1. The highest BCUT2D eigenvalue weighted by molar-refractivity contribution is 8.03. The van der Waals surface area contributed by atoms with Gasteiger partial charge in [0.2, 0.25) is 0 Å². The molecule has 0 saturated heterocycles. The van der Waals surface area contributed by atoms with E-state index in [1.807, 2.05) is 36.4 Å². The smallest absolute Gasteiger partial charge is 0.250 e. The summed E-state index contributed by atoms with van der Waals surface area (Å²) < 4.78 is 1.57. The maximum absolute atomic E-state index is 11.9. The Kier molecular flexibility index (Phi) is 8.17. The van der Waals surface area contributed by atoms with Gasteiger partial charge in [0.05, 0.1) is 12.0 Å². The van der Waals surface area contributed by atoms with Crippen LogP contribution in [0.3, 0.4) is 0 Å². The summed E-state index contributed by atoms with van der Waals surface area (Å²) in [7, 11) is 0. The molecule has 1 amide bonds. The van der Waals surface area contributed by atoms with Crippen LogP contribution in [-0.4, -0.2) is 28.1 Å². The van der Waals surface area contributed by atoms with Gasteiger partial charge in [0.1, 0.15) is 0 Å². The monoisotopic (exact) mass is 468 g/mol. The van der Waals surface area contributed by atoms with Crippen LogP contribution in [0.2, 0.25) is 10.0 Å². The average Bonchev–Trinajstić information content (AvgIpc) is 3.15. The third kappa shape index (κ3) is 6.79. The summed E-state index contributed by atoms with van der Waals surface area (Å²) in [6.45, 7) is 0. The zero-order valence-corrected chi connectivity index (χ0v) is 18.3. The van der Waals surface area contributed by atoms with Crippen molar-refractivity contribution < 1.29 is 4.79 Å². The molecule has 0 atom stereocenters. The standard InChI is InChI=1S/C18H14Cl2N4OS3/c19-14-7-5-12(6-8-14)9-21-22-16(25)11-27-18-24-23-17(28-18)26-10-13-3-1-2-4-15(13)20/h1-9H,10-11H2,(H,22,25)/b21-9-. The van der Waals surface area contributed by atoms with Crippen LogP contribution >= 0.6 is 58.1 Å². The number of hydrogen-bond acceptors (Lipinski definition) is 7. The van der Waals surface area contributed by atoms with E-state index >= 15 is 0 Å².